The fourth-order valence-corrected chi connectivity index (χ4v) is 3.61. The Morgan fingerprint density at radius 3 is 2.63 bits per heavy atom. The number of aromatic nitrogens is 4. The first-order valence-electron chi connectivity index (χ1n) is 9.69. The molecule has 3 heterocycles. The summed E-state index contributed by atoms with van der Waals surface area (Å²) in [5.74, 6) is 1.57. The van der Waals surface area contributed by atoms with Crippen molar-refractivity contribution in [3.63, 3.8) is 0 Å². The van der Waals surface area contributed by atoms with Gasteiger partial charge < -0.3 is 10.6 Å². The minimum Gasteiger partial charge on any atom is -0.364 e. The molecule has 0 unspecified atom stereocenters. The maximum atomic E-state index is 4.81. The number of nitrogens with one attached hydrogen (secondary N) is 2. The molecule has 0 atom stereocenters. The highest BCUT2D eigenvalue weighted by atomic mass is 35.5. The fourth-order valence-electron chi connectivity index (χ4n) is 3.61. The third-order valence-corrected chi connectivity index (χ3v) is 5.02. The van der Waals surface area contributed by atoms with Crippen molar-refractivity contribution in [2.75, 3.05) is 11.9 Å². The van der Waals surface area contributed by atoms with Crippen LogP contribution in [0.15, 0.2) is 60.7 Å². The lowest BCUT2D eigenvalue weighted by Crippen LogP contribution is -2.11. The fraction of sp³-hybridized carbons (Fsp3) is 0.227. The van der Waals surface area contributed by atoms with Gasteiger partial charge in [-0.15, -0.1) is 24.8 Å². The van der Waals surface area contributed by atoms with E-state index in [0.29, 0.717) is 6.54 Å². The maximum Gasteiger partial charge on any atom is 0.162 e. The molecule has 2 N–H and O–H groups in total. The van der Waals surface area contributed by atoms with Crippen LogP contribution in [0.1, 0.15) is 17.8 Å². The SMILES string of the molecule is Cl.Cl.c1ccc(-c2nc(NCc3cc4n(n3)CCCNC4)c3ccccc3n2)cc1. The maximum absolute atomic E-state index is 4.81. The van der Waals surface area contributed by atoms with Gasteiger partial charge in [-0.1, -0.05) is 42.5 Å². The normalized spacial score (nSPS) is 12.9. The Labute approximate surface area is 187 Å². The van der Waals surface area contributed by atoms with Gasteiger partial charge in [0, 0.05) is 24.0 Å². The van der Waals surface area contributed by atoms with E-state index in [0.717, 1.165) is 59.9 Å². The molecule has 6 nitrogen and oxygen atoms in total. The van der Waals surface area contributed by atoms with Crippen molar-refractivity contribution in [2.24, 2.45) is 0 Å². The second kappa shape index (κ2) is 9.89. The largest absolute Gasteiger partial charge is 0.364 e. The van der Waals surface area contributed by atoms with Crippen LogP contribution in [0.4, 0.5) is 5.82 Å². The van der Waals surface area contributed by atoms with Crippen LogP contribution >= 0.6 is 24.8 Å². The second-order valence-electron chi connectivity index (χ2n) is 7.01. The van der Waals surface area contributed by atoms with Crippen LogP contribution in [0.25, 0.3) is 22.3 Å². The first kappa shape index (κ1) is 22.0. The number of benzene rings is 2. The van der Waals surface area contributed by atoms with Gasteiger partial charge in [-0.3, -0.25) is 4.68 Å². The van der Waals surface area contributed by atoms with Gasteiger partial charge >= 0.3 is 0 Å². The Bertz CT molecular complexity index is 1090. The van der Waals surface area contributed by atoms with Gasteiger partial charge in [0.15, 0.2) is 5.82 Å². The molecule has 156 valence electrons. The molecule has 2 aromatic carbocycles. The molecule has 0 spiro atoms. The molecule has 2 aromatic heterocycles. The quantitative estimate of drug-likeness (QED) is 0.488. The number of para-hydroxylation sites is 1. The van der Waals surface area contributed by atoms with E-state index in [1.54, 1.807) is 0 Å². The Kier molecular flexibility index (Phi) is 7.26. The Hall–Kier alpha value is -2.67. The highest BCUT2D eigenvalue weighted by molar-refractivity contribution is 5.90. The van der Waals surface area contributed by atoms with Gasteiger partial charge in [-0.25, -0.2) is 9.97 Å². The van der Waals surface area contributed by atoms with Crippen LogP contribution in [0.2, 0.25) is 0 Å². The number of fused-ring (bicyclic) bond motifs is 2. The van der Waals surface area contributed by atoms with Crippen LogP contribution in [-0.2, 0) is 19.6 Å². The minimum atomic E-state index is 0. The van der Waals surface area contributed by atoms with Crippen molar-refractivity contribution in [1.29, 1.82) is 0 Å². The van der Waals surface area contributed by atoms with Crippen molar-refractivity contribution in [1.82, 2.24) is 25.1 Å². The summed E-state index contributed by atoms with van der Waals surface area (Å²) in [6.07, 6.45) is 1.11. The monoisotopic (exact) mass is 442 g/mol. The molecule has 0 bridgehead atoms. The minimum absolute atomic E-state index is 0. The number of aryl methyl sites for hydroxylation is 1. The standard InChI is InChI=1S/C22H22N6.2ClH/c1-2-7-16(8-3-1)21-25-20-10-5-4-9-19(20)22(26-21)24-14-17-13-18-15-23-11-6-12-28(18)27-17;;/h1-5,7-10,13,23H,6,11-12,14-15H2,(H,24,25,26);2*1H. The van der Waals surface area contributed by atoms with Crippen molar-refractivity contribution < 1.29 is 0 Å². The molecule has 0 radical (unpaired) electrons. The Morgan fingerprint density at radius 2 is 1.77 bits per heavy atom. The molecule has 0 amide bonds. The zero-order chi connectivity index (χ0) is 18.8. The van der Waals surface area contributed by atoms with Gasteiger partial charge in [0.05, 0.1) is 23.4 Å². The van der Waals surface area contributed by atoms with Crippen LogP contribution in [-0.4, -0.2) is 26.3 Å². The molecule has 1 aliphatic rings. The van der Waals surface area contributed by atoms with Crippen LogP contribution in [0, 0.1) is 0 Å². The molecule has 1 aliphatic heterocycles. The van der Waals surface area contributed by atoms with E-state index in [9.17, 15) is 0 Å². The molecule has 0 aliphatic carbocycles. The van der Waals surface area contributed by atoms with Crippen molar-refractivity contribution >= 4 is 41.5 Å². The molecule has 5 rings (SSSR count). The molecular weight excluding hydrogens is 419 g/mol. The molecule has 30 heavy (non-hydrogen) atoms. The van der Waals surface area contributed by atoms with Gasteiger partial charge in [0.1, 0.15) is 5.82 Å². The molecule has 8 heteroatoms. The van der Waals surface area contributed by atoms with E-state index in [-0.39, 0.29) is 24.8 Å². The number of hydrogen-bond acceptors (Lipinski definition) is 5. The number of hydrogen-bond donors (Lipinski definition) is 2. The summed E-state index contributed by atoms with van der Waals surface area (Å²) in [5.41, 5.74) is 4.22. The highest BCUT2D eigenvalue weighted by Crippen LogP contribution is 2.25. The van der Waals surface area contributed by atoms with E-state index in [1.807, 2.05) is 48.5 Å². The zero-order valence-electron chi connectivity index (χ0n) is 16.4. The third kappa shape index (κ3) is 4.56. The predicted molar refractivity (Wildman–Crippen MR) is 125 cm³/mol. The van der Waals surface area contributed by atoms with E-state index in [2.05, 4.69) is 27.4 Å². The van der Waals surface area contributed by atoms with Crippen LogP contribution in [0.3, 0.4) is 0 Å². The zero-order valence-corrected chi connectivity index (χ0v) is 18.0. The van der Waals surface area contributed by atoms with Crippen LogP contribution < -0.4 is 10.6 Å². The lowest BCUT2D eigenvalue weighted by molar-refractivity contribution is 0.581. The van der Waals surface area contributed by atoms with Crippen molar-refractivity contribution in [3.8, 4) is 11.4 Å². The predicted octanol–water partition coefficient (Wildman–Crippen LogP) is 4.44. The Balaban J connectivity index is 0.00000128. The first-order valence-corrected chi connectivity index (χ1v) is 9.69. The topological polar surface area (TPSA) is 67.7 Å². The molecule has 0 fully saturated rings. The number of nitrogens with zero attached hydrogens (tertiary/aromatic N) is 4. The molecular formula is C22H24Cl2N6. The summed E-state index contributed by atoms with van der Waals surface area (Å²) < 4.78 is 2.12. The van der Waals surface area contributed by atoms with E-state index < -0.39 is 0 Å². The van der Waals surface area contributed by atoms with Gasteiger partial charge in [-0.05, 0) is 31.2 Å². The van der Waals surface area contributed by atoms with Gasteiger partial charge in [0.2, 0.25) is 0 Å². The summed E-state index contributed by atoms with van der Waals surface area (Å²) in [6.45, 7) is 3.53. The summed E-state index contributed by atoms with van der Waals surface area (Å²) >= 11 is 0. The second-order valence-corrected chi connectivity index (χ2v) is 7.01. The first-order chi connectivity index (χ1) is 13.9. The average Bonchev–Trinajstić information content (AvgIpc) is 3.01. The molecule has 0 saturated heterocycles. The third-order valence-electron chi connectivity index (χ3n) is 5.02. The summed E-state index contributed by atoms with van der Waals surface area (Å²) in [4.78, 5) is 9.56. The summed E-state index contributed by atoms with van der Waals surface area (Å²) in [5, 5.41) is 12.7. The molecule has 4 aromatic rings. The van der Waals surface area contributed by atoms with E-state index in [4.69, 9.17) is 15.1 Å². The number of rotatable bonds is 4. The van der Waals surface area contributed by atoms with E-state index >= 15 is 0 Å². The van der Waals surface area contributed by atoms with Crippen molar-refractivity contribution in [3.05, 3.63) is 72.1 Å². The summed E-state index contributed by atoms with van der Waals surface area (Å²) in [7, 11) is 0. The lowest BCUT2D eigenvalue weighted by atomic mass is 10.2. The number of anilines is 1. The van der Waals surface area contributed by atoms with Crippen molar-refractivity contribution in [2.45, 2.75) is 26.1 Å². The van der Waals surface area contributed by atoms with E-state index in [1.165, 1.54) is 5.69 Å². The lowest BCUT2D eigenvalue weighted by Gasteiger charge is -2.10. The van der Waals surface area contributed by atoms with Gasteiger partial charge in [-0.2, -0.15) is 5.10 Å². The Morgan fingerprint density at radius 1 is 0.967 bits per heavy atom. The van der Waals surface area contributed by atoms with Gasteiger partial charge in [0.25, 0.3) is 0 Å². The van der Waals surface area contributed by atoms with Crippen LogP contribution in [0.5, 0.6) is 0 Å². The smallest absolute Gasteiger partial charge is 0.162 e. The average molecular weight is 443 g/mol. The summed E-state index contributed by atoms with van der Waals surface area (Å²) in [6, 6.07) is 20.4. The number of halogens is 2. The highest BCUT2D eigenvalue weighted by Gasteiger charge is 2.12. The molecule has 0 saturated carbocycles.